The molecule has 2 atom stereocenters. The van der Waals surface area contributed by atoms with Gasteiger partial charge in [0.25, 0.3) is 0 Å². The molecule has 0 radical (unpaired) electrons. The number of aliphatic hydroxyl groups excluding tert-OH is 1. The van der Waals surface area contributed by atoms with E-state index in [1.807, 2.05) is 0 Å². The fourth-order valence-corrected chi connectivity index (χ4v) is 1.63. The average Bonchev–Trinajstić information content (AvgIpc) is 2.16. The van der Waals surface area contributed by atoms with Gasteiger partial charge in [-0.2, -0.15) is 0 Å². The summed E-state index contributed by atoms with van der Waals surface area (Å²) >= 11 is 0. The highest BCUT2D eigenvalue weighted by Gasteiger charge is 2.33. The summed E-state index contributed by atoms with van der Waals surface area (Å²) in [5.41, 5.74) is 0. The van der Waals surface area contributed by atoms with E-state index in [9.17, 15) is 14.7 Å². The fraction of sp³-hybridized carbons (Fsp3) is 0.778. The summed E-state index contributed by atoms with van der Waals surface area (Å²) in [5.74, 6) is -1.27. The zero-order valence-corrected chi connectivity index (χ0v) is 7.66. The van der Waals surface area contributed by atoms with Crippen LogP contribution in [0.2, 0.25) is 0 Å². The van der Waals surface area contributed by atoms with Crippen LogP contribution < -0.4 is 0 Å². The summed E-state index contributed by atoms with van der Waals surface area (Å²) < 4.78 is 4.37. The molecular weight excluding hydrogens is 172 g/mol. The molecule has 0 aromatic rings. The van der Waals surface area contributed by atoms with Crippen molar-refractivity contribution in [3.05, 3.63) is 0 Å². The van der Waals surface area contributed by atoms with E-state index in [1.165, 1.54) is 7.11 Å². The second kappa shape index (κ2) is 4.37. The molecule has 1 aliphatic carbocycles. The molecule has 74 valence electrons. The summed E-state index contributed by atoms with van der Waals surface area (Å²) in [6, 6.07) is 0. The zero-order chi connectivity index (χ0) is 9.84. The molecule has 0 aromatic carbocycles. The molecule has 0 saturated heterocycles. The van der Waals surface area contributed by atoms with Gasteiger partial charge in [-0.05, 0) is 12.8 Å². The van der Waals surface area contributed by atoms with Crippen molar-refractivity contribution in [3.63, 3.8) is 0 Å². The van der Waals surface area contributed by atoms with E-state index < -0.39 is 18.0 Å². The largest absolute Gasteiger partial charge is 0.467 e. The Hall–Kier alpha value is -0.900. The third-order valence-electron chi connectivity index (χ3n) is 2.43. The van der Waals surface area contributed by atoms with E-state index in [4.69, 9.17) is 0 Å². The van der Waals surface area contributed by atoms with Crippen molar-refractivity contribution in [2.24, 2.45) is 5.92 Å². The first-order chi connectivity index (χ1) is 6.16. The minimum Gasteiger partial charge on any atom is -0.467 e. The second-order valence-corrected chi connectivity index (χ2v) is 3.29. The number of Topliss-reactive ketones (excluding diaryl/α,β-unsaturated/α-hetero) is 1. The standard InChI is InChI=1S/C9H14O4/c1-13-9(12)8(11)6-4-2-3-5-7(6)10/h6,8,11H,2-5H2,1H3/t6-,8+/m1/s1. The van der Waals surface area contributed by atoms with E-state index >= 15 is 0 Å². The van der Waals surface area contributed by atoms with E-state index in [1.54, 1.807) is 0 Å². The third-order valence-corrected chi connectivity index (χ3v) is 2.43. The molecule has 0 aliphatic heterocycles. The second-order valence-electron chi connectivity index (χ2n) is 3.29. The number of hydrogen-bond donors (Lipinski definition) is 1. The lowest BCUT2D eigenvalue weighted by molar-refractivity contribution is -0.157. The molecule has 1 fully saturated rings. The first-order valence-corrected chi connectivity index (χ1v) is 4.45. The first-order valence-electron chi connectivity index (χ1n) is 4.45. The number of ketones is 1. The van der Waals surface area contributed by atoms with Gasteiger partial charge in [-0.1, -0.05) is 6.42 Å². The highest BCUT2D eigenvalue weighted by molar-refractivity contribution is 5.88. The van der Waals surface area contributed by atoms with E-state index in [0.29, 0.717) is 12.8 Å². The summed E-state index contributed by atoms with van der Waals surface area (Å²) in [5, 5.41) is 9.42. The van der Waals surface area contributed by atoms with Crippen molar-refractivity contribution in [1.82, 2.24) is 0 Å². The Morgan fingerprint density at radius 2 is 2.31 bits per heavy atom. The molecule has 1 rings (SSSR count). The number of aliphatic hydroxyl groups is 1. The smallest absolute Gasteiger partial charge is 0.335 e. The van der Waals surface area contributed by atoms with Crippen molar-refractivity contribution in [2.45, 2.75) is 31.8 Å². The number of carbonyl (C=O) groups is 2. The molecule has 1 N–H and O–H groups in total. The van der Waals surface area contributed by atoms with Crippen LogP contribution >= 0.6 is 0 Å². The van der Waals surface area contributed by atoms with E-state index in [0.717, 1.165) is 12.8 Å². The van der Waals surface area contributed by atoms with Crippen LogP contribution in [0.15, 0.2) is 0 Å². The lowest BCUT2D eigenvalue weighted by atomic mass is 9.84. The lowest BCUT2D eigenvalue weighted by Gasteiger charge is -2.23. The molecule has 0 aromatic heterocycles. The van der Waals surface area contributed by atoms with Crippen LogP contribution in [0.4, 0.5) is 0 Å². The molecular formula is C9H14O4. The Labute approximate surface area is 76.9 Å². The molecule has 1 aliphatic rings. The van der Waals surface area contributed by atoms with Crippen molar-refractivity contribution < 1.29 is 19.4 Å². The topological polar surface area (TPSA) is 63.6 Å². The molecule has 0 bridgehead atoms. The van der Waals surface area contributed by atoms with Crippen LogP contribution in [-0.4, -0.2) is 30.1 Å². The Bertz CT molecular complexity index is 212. The predicted octanol–water partition coefficient (Wildman–Crippen LogP) is 0.280. The lowest BCUT2D eigenvalue weighted by Crippen LogP contribution is -2.37. The van der Waals surface area contributed by atoms with Gasteiger partial charge in [0.05, 0.1) is 13.0 Å². The minimum atomic E-state index is -1.27. The van der Waals surface area contributed by atoms with E-state index in [-0.39, 0.29) is 5.78 Å². The molecule has 4 nitrogen and oxygen atoms in total. The van der Waals surface area contributed by atoms with Crippen molar-refractivity contribution in [3.8, 4) is 0 Å². The maximum Gasteiger partial charge on any atom is 0.335 e. The van der Waals surface area contributed by atoms with Crippen LogP contribution in [0.5, 0.6) is 0 Å². The Morgan fingerprint density at radius 3 is 2.85 bits per heavy atom. The van der Waals surface area contributed by atoms with Crippen LogP contribution in [0, 0.1) is 5.92 Å². The quantitative estimate of drug-likeness (QED) is 0.629. The SMILES string of the molecule is COC(=O)[C@@H](O)[C@@H]1CCCCC1=O. The van der Waals surface area contributed by atoms with Gasteiger partial charge in [0.1, 0.15) is 5.78 Å². The monoisotopic (exact) mass is 186 g/mol. The van der Waals surface area contributed by atoms with Gasteiger partial charge in [0.2, 0.25) is 0 Å². The number of rotatable bonds is 2. The summed E-state index contributed by atoms with van der Waals surface area (Å²) in [6.45, 7) is 0. The van der Waals surface area contributed by atoms with Gasteiger partial charge in [0, 0.05) is 6.42 Å². The molecule has 0 spiro atoms. The average molecular weight is 186 g/mol. The maximum atomic E-state index is 11.3. The summed E-state index contributed by atoms with van der Waals surface area (Å²) in [4.78, 5) is 22.2. The zero-order valence-electron chi connectivity index (χ0n) is 7.66. The normalized spacial score (nSPS) is 25.4. The fourth-order valence-electron chi connectivity index (χ4n) is 1.63. The number of carbonyl (C=O) groups excluding carboxylic acids is 2. The van der Waals surface area contributed by atoms with Gasteiger partial charge in [-0.25, -0.2) is 4.79 Å². The van der Waals surface area contributed by atoms with Gasteiger partial charge >= 0.3 is 5.97 Å². The van der Waals surface area contributed by atoms with Gasteiger partial charge in [-0.3, -0.25) is 4.79 Å². The van der Waals surface area contributed by atoms with Gasteiger partial charge in [0.15, 0.2) is 6.10 Å². The molecule has 13 heavy (non-hydrogen) atoms. The van der Waals surface area contributed by atoms with Crippen molar-refractivity contribution >= 4 is 11.8 Å². The minimum absolute atomic E-state index is 0.0239. The van der Waals surface area contributed by atoms with Crippen LogP contribution in [0.25, 0.3) is 0 Å². The Morgan fingerprint density at radius 1 is 1.62 bits per heavy atom. The van der Waals surface area contributed by atoms with Crippen LogP contribution in [-0.2, 0) is 14.3 Å². The van der Waals surface area contributed by atoms with Crippen molar-refractivity contribution in [1.29, 1.82) is 0 Å². The highest BCUT2D eigenvalue weighted by Crippen LogP contribution is 2.23. The predicted molar refractivity (Wildman–Crippen MR) is 45.0 cm³/mol. The molecule has 1 saturated carbocycles. The number of esters is 1. The Kier molecular flexibility index (Phi) is 3.42. The molecule has 0 heterocycles. The summed E-state index contributed by atoms with van der Waals surface area (Å²) in [7, 11) is 1.21. The third kappa shape index (κ3) is 2.28. The highest BCUT2D eigenvalue weighted by atomic mass is 16.5. The molecule has 0 amide bonds. The number of methoxy groups -OCH3 is 1. The van der Waals surface area contributed by atoms with Gasteiger partial charge < -0.3 is 9.84 Å². The maximum absolute atomic E-state index is 11.3. The summed E-state index contributed by atoms with van der Waals surface area (Å²) in [6.07, 6.45) is 1.56. The van der Waals surface area contributed by atoms with E-state index in [2.05, 4.69) is 4.74 Å². The molecule has 0 unspecified atom stereocenters. The van der Waals surface area contributed by atoms with Crippen LogP contribution in [0.1, 0.15) is 25.7 Å². The first kappa shape index (κ1) is 10.2. The number of hydrogen-bond acceptors (Lipinski definition) is 4. The van der Waals surface area contributed by atoms with Crippen LogP contribution in [0.3, 0.4) is 0 Å². The molecule has 4 heteroatoms. The van der Waals surface area contributed by atoms with Crippen molar-refractivity contribution in [2.75, 3.05) is 7.11 Å². The Balaban J connectivity index is 2.58. The van der Waals surface area contributed by atoms with Gasteiger partial charge in [-0.15, -0.1) is 0 Å². The number of ether oxygens (including phenoxy) is 1.